The Bertz CT molecular complexity index is 694. The minimum absolute atomic E-state index is 0.230. The van der Waals surface area contributed by atoms with E-state index in [0.717, 1.165) is 12.8 Å². The number of hydrogen-bond acceptors (Lipinski definition) is 5. The molecule has 0 heterocycles. The molecule has 1 aromatic rings. The van der Waals surface area contributed by atoms with Crippen LogP contribution >= 0.6 is 0 Å². The van der Waals surface area contributed by atoms with Crippen LogP contribution in [0.2, 0.25) is 0 Å². The molecular weight excluding hydrogens is 490 g/mol. The number of aliphatic carboxylic acids is 1. The predicted molar refractivity (Wildman–Crippen MR) is 164 cm³/mol. The molecule has 226 valence electrons. The standard InChI is InChI=1S/C18H36O2.C15H23NO3/c1-2-3-4-5-6-7-8-9-10-11-12-13-14-15-16-17-18(19)20;1-4-9-18-14-7-5-6-8-15(14)19-11-13(17)10-16-12(2)3/h2-17H2,1H3,(H,19,20);4-8,12-13,16-17H,1,9-11H2,2-3H3. The lowest BCUT2D eigenvalue weighted by molar-refractivity contribution is -0.137. The van der Waals surface area contributed by atoms with Crippen LogP contribution in [0.5, 0.6) is 11.5 Å². The Labute approximate surface area is 239 Å². The first-order valence-electron chi connectivity index (χ1n) is 15.5. The van der Waals surface area contributed by atoms with Gasteiger partial charge in [0, 0.05) is 19.0 Å². The summed E-state index contributed by atoms with van der Waals surface area (Å²) in [4.78, 5) is 10.3. The lowest BCUT2D eigenvalue weighted by Crippen LogP contribution is -2.35. The van der Waals surface area contributed by atoms with Crippen molar-refractivity contribution in [3.8, 4) is 11.5 Å². The highest BCUT2D eigenvalue weighted by Gasteiger charge is 2.09. The van der Waals surface area contributed by atoms with Gasteiger partial charge in [0.1, 0.15) is 19.3 Å². The number of carboxylic acid groups (broad SMARTS) is 1. The van der Waals surface area contributed by atoms with Crippen LogP contribution in [0, 0.1) is 0 Å². The van der Waals surface area contributed by atoms with Crippen LogP contribution in [0.15, 0.2) is 36.9 Å². The fourth-order valence-electron chi connectivity index (χ4n) is 4.10. The number of aliphatic hydroxyl groups excluding tert-OH is 1. The third-order valence-corrected chi connectivity index (χ3v) is 6.39. The molecule has 1 aromatic carbocycles. The largest absolute Gasteiger partial charge is 0.487 e. The summed E-state index contributed by atoms with van der Waals surface area (Å²) >= 11 is 0. The zero-order chi connectivity index (χ0) is 29.0. The Morgan fingerprint density at radius 1 is 0.846 bits per heavy atom. The number of ether oxygens (including phenoxy) is 2. The molecule has 6 heteroatoms. The highest BCUT2D eigenvalue weighted by atomic mass is 16.5. The first-order chi connectivity index (χ1) is 18.9. The minimum atomic E-state index is -0.653. The van der Waals surface area contributed by atoms with E-state index in [1.807, 2.05) is 38.1 Å². The Kier molecular flexibility index (Phi) is 26.1. The number of carbonyl (C=O) groups is 1. The van der Waals surface area contributed by atoms with Crippen molar-refractivity contribution in [3.63, 3.8) is 0 Å². The van der Waals surface area contributed by atoms with Gasteiger partial charge in [0.25, 0.3) is 0 Å². The zero-order valence-corrected chi connectivity index (χ0v) is 25.3. The number of para-hydroxylation sites is 2. The first-order valence-corrected chi connectivity index (χ1v) is 15.5. The summed E-state index contributed by atoms with van der Waals surface area (Å²) in [6.45, 7) is 11.1. The van der Waals surface area contributed by atoms with Crippen LogP contribution in [-0.2, 0) is 4.79 Å². The van der Waals surface area contributed by atoms with Gasteiger partial charge in [-0.2, -0.15) is 0 Å². The molecule has 0 bridgehead atoms. The summed E-state index contributed by atoms with van der Waals surface area (Å²) in [7, 11) is 0. The molecule has 0 aliphatic rings. The van der Waals surface area contributed by atoms with Crippen molar-refractivity contribution in [2.75, 3.05) is 19.8 Å². The van der Waals surface area contributed by atoms with Crippen LogP contribution in [0.1, 0.15) is 124 Å². The molecule has 0 aromatic heterocycles. The van der Waals surface area contributed by atoms with Crippen molar-refractivity contribution in [1.82, 2.24) is 5.32 Å². The van der Waals surface area contributed by atoms with Crippen molar-refractivity contribution >= 4 is 5.97 Å². The quantitative estimate of drug-likeness (QED) is 0.0839. The fourth-order valence-corrected chi connectivity index (χ4v) is 4.10. The summed E-state index contributed by atoms with van der Waals surface area (Å²) < 4.78 is 11.1. The molecule has 39 heavy (non-hydrogen) atoms. The molecule has 0 spiro atoms. The number of carboxylic acids is 1. The van der Waals surface area contributed by atoms with E-state index in [1.165, 1.54) is 83.5 Å². The lowest BCUT2D eigenvalue weighted by atomic mass is 10.0. The second-order valence-electron chi connectivity index (χ2n) is 10.7. The van der Waals surface area contributed by atoms with E-state index in [2.05, 4.69) is 18.8 Å². The van der Waals surface area contributed by atoms with Crippen LogP contribution in [0.4, 0.5) is 0 Å². The molecule has 1 atom stereocenters. The number of unbranched alkanes of at least 4 members (excludes halogenated alkanes) is 14. The van der Waals surface area contributed by atoms with Crippen molar-refractivity contribution in [1.29, 1.82) is 0 Å². The minimum Gasteiger partial charge on any atom is -0.487 e. The number of aliphatic hydroxyl groups is 1. The predicted octanol–water partition coefficient (Wildman–Crippen LogP) is 8.32. The Morgan fingerprint density at radius 3 is 1.74 bits per heavy atom. The summed E-state index contributed by atoms with van der Waals surface area (Å²) in [6, 6.07) is 7.74. The summed E-state index contributed by atoms with van der Waals surface area (Å²) in [6.07, 6.45) is 21.3. The van der Waals surface area contributed by atoms with Gasteiger partial charge in [-0.15, -0.1) is 0 Å². The number of nitrogens with one attached hydrogen (secondary N) is 1. The number of benzene rings is 1. The average Bonchev–Trinajstić information content (AvgIpc) is 2.92. The highest BCUT2D eigenvalue weighted by molar-refractivity contribution is 5.66. The SMILES string of the molecule is C=CCOc1ccccc1OCC(O)CNC(C)C.CCCCCCCCCCCCCCCCCC(=O)O. The molecule has 0 saturated heterocycles. The summed E-state index contributed by atoms with van der Waals surface area (Å²) in [5, 5.41) is 21.5. The summed E-state index contributed by atoms with van der Waals surface area (Å²) in [5.41, 5.74) is 0. The van der Waals surface area contributed by atoms with E-state index >= 15 is 0 Å². The molecule has 3 N–H and O–H groups in total. The molecule has 1 unspecified atom stereocenters. The Balaban J connectivity index is 0.000000741. The Morgan fingerprint density at radius 2 is 1.31 bits per heavy atom. The maximum Gasteiger partial charge on any atom is 0.303 e. The van der Waals surface area contributed by atoms with Crippen LogP contribution < -0.4 is 14.8 Å². The zero-order valence-electron chi connectivity index (χ0n) is 25.3. The van der Waals surface area contributed by atoms with E-state index in [9.17, 15) is 9.90 Å². The number of rotatable bonds is 25. The van der Waals surface area contributed by atoms with Crippen LogP contribution in [0.3, 0.4) is 0 Å². The van der Waals surface area contributed by atoms with Gasteiger partial charge in [0.15, 0.2) is 11.5 Å². The normalized spacial score (nSPS) is 11.5. The molecule has 1 rings (SSSR count). The van der Waals surface area contributed by atoms with Crippen LogP contribution in [-0.4, -0.2) is 48.1 Å². The molecule has 0 aliphatic carbocycles. The van der Waals surface area contributed by atoms with E-state index in [0.29, 0.717) is 37.1 Å². The van der Waals surface area contributed by atoms with Crippen LogP contribution in [0.25, 0.3) is 0 Å². The molecule has 6 nitrogen and oxygen atoms in total. The van der Waals surface area contributed by atoms with Crippen molar-refractivity contribution in [2.45, 2.75) is 136 Å². The Hall–Kier alpha value is -2.05. The van der Waals surface area contributed by atoms with E-state index in [-0.39, 0.29) is 6.61 Å². The number of hydrogen-bond donors (Lipinski definition) is 3. The van der Waals surface area contributed by atoms with Crippen molar-refractivity contribution in [2.24, 2.45) is 0 Å². The average molecular weight is 550 g/mol. The van der Waals surface area contributed by atoms with Gasteiger partial charge >= 0.3 is 5.97 Å². The third kappa shape index (κ3) is 26.0. The maximum absolute atomic E-state index is 10.3. The molecule has 0 aliphatic heterocycles. The van der Waals surface area contributed by atoms with Gasteiger partial charge in [-0.1, -0.05) is 135 Å². The molecule has 0 fully saturated rings. The van der Waals surface area contributed by atoms with Gasteiger partial charge in [0.05, 0.1) is 0 Å². The highest BCUT2D eigenvalue weighted by Crippen LogP contribution is 2.26. The van der Waals surface area contributed by atoms with E-state index in [1.54, 1.807) is 6.08 Å². The molecule has 0 saturated carbocycles. The van der Waals surface area contributed by atoms with Crippen molar-refractivity contribution < 1.29 is 24.5 Å². The van der Waals surface area contributed by atoms with Gasteiger partial charge in [0.2, 0.25) is 0 Å². The molecule has 0 radical (unpaired) electrons. The van der Waals surface area contributed by atoms with E-state index < -0.39 is 12.1 Å². The molecule has 0 amide bonds. The van der Waals surface area contributed by atoms with Gasteiger partial charge in [-0.05, 0) is 18.6 Å². The van der Waals surface area contributed by atoms with E-state index in [4.69, 9.17) is 14.6 Å². The van der Waals surface area contributed by atoms with Crippen molar-refractivity contribution in [3.05, 3.63) is 36.9 Å². The summed E-state index contributed by atoms with van der Waals surface area (Å²) in [5.74, 6) is 0.638. The lowest BCUT2D eigenvalue weighted by Gasteiger charge is -2.16. The van der Waals surface area contributed by atoms with Gasteiger partial charge in [-0.25, -0.2) is 0 Å². The third-order valence-electron chi connectivity index (χ3n) is 6.39. The second-order valence-corrected chi connectivity index (χ2v) is 10.7. The van der Waals surface area contributed by atoms with Gasteiger partial charge < -0.3 is 25.0 Å². The first kappa shape index (κ1) is 37.0. The monoisotopic (exact) mass is 549 g/mol. The topological polar surface area (TPSA) is 88.0 Å². The fraction of sp³-hybridized carbons (Fsp3) is 0.727. The maximum atomic E-state index is 10.3. The smallest absolute Gasteiger partial charge is 0.303 e. The second kappa shape index (κ2) is 27.5. The van der Waals surface area contributed by atoms with Gasteiger partial charge in [-0.3, -0.25) is 4.79 Å². The molecular formula is C33H59NO5.